The number of hydrogen-bond donors (Lipinski definition) is 3. The van der Waals surface area contributed by atoms with Gasteiger partial charge in [0.05, 0.1) is 0 Å². The quantitative estimate of drug-likeness (QED) is 0.538. The Balaban J connectivity index is 2.17. The monoisotopic (exact) mass is 202 g/mol. The highest BCUT2D eigenvalue weighted by molar-refractivity contribution is 5.72. The van der Waals surface area contributed by atoms with Crippen LogP contribution in [0, 0.1) is 5.92 Å². The predicted molar refractivity (Wildman–Crippen MR) is 51.9 cm³/mol. The van der Waals surface area contributed by atoms with E-state index in [9.17, 15) is 4.79 Å². The van der Waals surface area contributed by atoms with Crippen molar-refractivity contribution in [3.05, 3.63) is 0 Å². The Morgan fingerprint density at radius 3 is 2.86 bits per heavy atom. The average molecular weight is 202 g/mol. The van der Waals surface area contributed by atoms with Crippen LogP contribution in [0.3, 0.4) is 0 Å². The van der Waals surface area contributed by atoms with Gasteiger partial charge in [-0.1, -0.05) is 0 Å². The van der Waals surface area contributed by atoms with Crippen LogP contribution in [0.1, 0.15) is 12.8 Å². The highest BCUT2D eigenvalue weighted by Crippen LogP contribution is 2.15. The SMILES string of the molecule is NC(CCN1CCC(CO)C1)C(=O)O. The maximum absolute atomic E-state index is 10.4. The first kappa shape index (κ1) is 11.4. The van der Waals surface area contributed by atoms with E-state index in [4.69, 9.17) is 15.9 Å². The van der Waals surface area contributed by atoms with E-state index in [1.165, 1.54) is 0 Å². The molecule has 0 aliphatic carbocycles. The highest BCUT2D eigenvalue weighted by Gasteiger charge is 2.22. The lowest BCUT2D eigenvalue weighted by atomic mass is 10.1. The molecule has 82 valence electrons. The third kappa shape index (κ3) is 3.25. The molecule has 0 bridgehead atoms. The van der Waals surface area contributed by atoms with Crippen molar-refractivity contribution in [2.75, 3.05) is 26.2 Å². The number of hydrogen-bond acceptors (Lipinski definition) is 4. The molecule has 0 saturated carbocycles. The summed E-state index contributed by atoms with van der Waals surface area (Å²) in [6.45, 7) is 2.74. The Bertz CT molecular complexity index is 198. The fourth-order valence-corrected chi connectivity index (χ4v) is 1.71. The van der Waals surface area contributed by atoms with Crippen molar-refractivity contribution < 1.29 is 15.0 Å². The Labute approximate surface area is 83.5 Å². The zero-order valence-electron chi connectivity index (χ0n) is 8.22. The van der Waals surface area contributed by atoms with E-state index in [0.717, 1.165) is 19.5 Å². The van der Waals surface area contributed by atoms with Gasteiger partial charge in [-0.2, -0.15) is 0 Å². The van der Waals surface area contributed by atoms with Crippen molar-refractivity contribution in [1.82, 2.24) is 4.90 Å². The van der Waals surface area contributed by atoms with E-state index in [0.29, 0.717) is 18.9 Å². The molecule has 5 heteroatoms. The second kappa shape index (κ2) is 5.29. The van der Waals surface area contributed by atoms with Crippen LogP contribution in [0.4, 0.5) is 0 Å². The number of likely N-dealkylation sites (tertiary alicyclic amines) is 1. The molecule has 0 aromatic rings. The van der Waals surface area contributed by atoms with Crippen LogP contribution >= 0.6 is 0 Å². The first-order chi connectivity index (χ1) is 6.63. The molecule has 0 amide bonds. The number of nitrogens with two attached hydrogens (primary N) is 1. The average Bonchev–Trinajstić information content (AvgIpc) is 2.61. The van der Waals surface area contributed by atoms with Gasteiger partial charge >= 0.3 is 5.97 Å². The van der Waals surface area contributed by atoms with Crippen molar-refractivity contribution >= 4 is 5.97 Å². The van der Waals surface area contributed by atoms with E-state index < -0.39 is 12.0 Å². The van der Waals surface area contributed by atoms with Crippen LogP contribution in [-0.4, -0.2) is 53.4 Å². The van der Waals surface area contributed by atoms with Crippen molar-refractivity contribution in [2.45, 2.75) is 18.9 Å². The molecule has 1 heterocycles. The van der Waals surface area contributed by atoms with Gasteiger partial charge in [-0.05, 0) is 25.3 Å². The number of aliphatic carboxylic acids is 1. The summed E-state index contributed by atoms with van der Waals surface area (Å²) >= 11 is 0. The number of aliphatic hydroxyl groups excluding tert-OH is 1. The lowest BCUT2D eigenvalue weighted by Gasteiger charge is -2.16. The van der Waals surface area contributed by atoms with E-state index in [-0.39, 0.29) is 6.61 Å². The summed E-state index contributed by atoms with van der Waals surface area (Å²) in [6, 6.07) is -0.761. The molecule has 5 nitrogen and oxygen atoms in total. The van der Waals surface area contributed by atoms with Gasteiger partial charge in [0, 0.05) is 19.7 Å². The largest absolute Gasteiger partial charge is 0.480 e. The number of rotatable bonds is 5. The van der Waals surface area contributed by atoms with E-state index in [1.54, 1.807) is 0 Å². The van der Waals surface area contributed by atoms with Crippen LogP contribution in [0.5, 0.6) is 0 Å². The lowest BCUT2D eigenvalue weighted by Crippen LogP contribution is -2.35. The van der Waals surface area contributed by atoms with Gasteiger partial charge in [0.2, 0.25) is 0 Å². The number of carboxylic acids is 1. The Hall–Kier alpha value is -0.650. The van der Waals surface area contributed by atoms with Gasteiger partial charge in [0.15, 0.2) is 0 Å². The fourth-order valence-electron chi connectivity index (χ4n) is 1.71. The summed E-state index contributed by atoms with van der Waals surface area (Å²) in [5.41, 5.74) is 5.39. The molecule has 14 heavy (non-hydrogen) atoms. The van der Waals surface area contributed by atoms with Gasteiger partial charge in [-0.3, -0.25) is 4.79 Å². The van der Waals surface area contributed by atoms with Crippen molar-refractivity contribution in [3.8, 4) is 0 Å². The summed E-state index contributed by atoms with van der Waals surface area (Å²) < 4.78 is 0. The molecule has 4 N–H and O–H groups in total. The zero-order chi connectivity index (χ0) is 10.6. The standard InChI is InChI=1S/C9H18N2O3/c10-8(9(13)14)2-4-11-3-1-7(5-11)6-12/h7-8,12H,1-6,10H2,(H,13,14). The molecule has 1 aliphatic heterocycles. The topological polar surface area (TPSA) is 86.8 Å². The Morgan fingerprint density at radius 1 is 1.64 bits per heavy atom. The zero-order valence-corrected chi connectivity index (χ0v) is 8.22. The minimum Gasteiger partial charge on any atom is -0.480 e. The lowest BCUT2D eigenvalue weighted by molar-refractivity contribution is -0.138. The van der Waals surface area contributed by atoms with Crippen molar-refractivity contribution in [1.29, 1.82) is 0 Å². The van der Waals surface area contributed by atoms with Gasteiger partial charge in [0.1, 0.15) is 6.04 Å². The molecule has 0 radical (unpaired) electrons. The van der Waals surface area contributed by atoms with Crippen LogP contribution in [0.2, 0.25) is 0 Å². The molecular weight excluding hydrogens is 184 g/mol. The van der Waals surface area contributed by atoms with Gasteiger partial charge < -0.3 is 20.8 Å². The predicted octanol–water partition coefficient (Wildman–Crippen LogP) is -0.897. The van der Waals surface area contributed by atoms with Gasteiger partial charge in [0.25, 0.3) is 0 Å². The second-order valence-electron chi connectivity index (χ2n) is 3.87. The fraction of sp³-hybridized carbons (Fsp3) is 0.889. The molecular formula is C9H18N2O3. The van der Waals surface area contributed by atoms with Gasteiger partial charge in [-0.15, -0.1) is 0 Å². The summed E-state index contributed by atoms with van der Waals surface area (Å²) in [5, 5.41) is 17.5. The van der Waals surface area contributed by atoms with E-state index in [1.807, 2.05) is 0 Å². The van der Waals surface area contributed by atoms with E-state index >= 15 is 0 Å². The summed E-state index contributed by atoms with van der Waals surface area (Å²) in [6.07, 6.45) is 1.48. The third-order valence-corrected chi connectivity index (χ3v) is 2.70. The van der Waals surface area contributed by atoms with Gasteiger partial charge in [-0.25, -0.2) is 0 Å². The molecule has 2 atom stereocenters. The molecule has 1 aliphatic rings. The molecule has 0 aromatic heterocycles. The maximum atomic E-state index is 10.4. The smallest absolute Gasteiger partial charge is 0.320 e. The van der Waals surface area contributed by atoms with E-state index in [2.05, 4.69) is 4.90 Å². The van der Waals surface area contributed by atoms with Crippen LogP contribution < -0.4 is 5.73 Å². The maximum Gasteiger partial charge on any atom is 0.320 e. The molecule has 0 spiro atoms. The molecule has 0 aromatic carbocycles. The number of aliphatic hydroxyl groups is 1. The minimum atomic E-state index is -0.942. The number of nitrogens with zero attached hydrogens (tertiary/aromatic N) is 1. The molecule has 1 rings (SSSR count). The van der Waals surface area contributed by atoms with Crippen molar-refractivity contribution in [3.63, 3.8) is 0 Å². The first-order valence-electron chi connectivity index (χ1n) is 4.95. The second-order valence-corrected chi connectivity index (χ2v) is 3.87. The van der Waals surface area contributed by atoms with Crippen LogP contribution in [0.15, 0.2) is 0 Å². The summed E-state index contributed by atoms with van der Waals surface area (Å²) in [4.78, 5) is 12.6. The molecule has 1 saturated heterocycles. The molecule has 1 fully saturated rings. The highest BCUT2D eigenvalue weighted by atomic mass is 16.4. The summed E-state index contributed by atoms with van der Waals surface area (Å²) in [7, 11) is 0. The molecule has 2 unspecified atom stereocenters. The number of carboxylic acid groups (broad SMARTS) is 1. The van der Waals surface area contributed by atoms with Crippen molar-refractivity contribution in [2.24, 2.45) is 11.7 Å². The Morgan fingerprint density at radius 2 is 2.36 bits per heavy atom. The normalized spacial score (nSPS) is 25.1. The van der Waals surface area contributed by atoms with Crippen LogP contribution in [-0.2, 0) is 4.79 Å². The minimum absolute atomic E-state index is 0.224. The van der Waals surface area contributed by atoms with Crippen LogP contribution in [0.25, 0.3) is 0 Å². The number of carbonyl (C=O) groups is 1. The Kier molecular flexibility index (Phi) is 4.31. The summed E-state index contributed by atoms with van der Waals surface area (Å²) in [5.74, 6) is -0.584. The first-order valence-corrected chi connectivity index (χ1v) is 4.95. The third-order valence-electron chi connectivity index (χ3n) is 2.70.